The molecule has 1 aromatic rings. The second-order valence-corrected chi connectivity index (χ2v) is 3.88. The lowest BCUT2D eigenvalue weighted by Crippen LogP contribution is -2.02. The predicted octanol–water partition coefficient (Wildman–Crippen LogP) is 3.67. The molecule has 0 unspecified atom stereocenters. The maximum atomic E-state index is 10.9. The number of hydrogen-bond donors (Lipinski definition) is 0. The van der Waals surface area contributed by atoms with Gasteiger partial charge in [0, 0.05) is 10.6 Å². The van der Waals surface area contributed by atoms with E-state index in [1.54, 1.807) is 18.2 Å². The number of aldehydes is 1. The molecule has 2 nitrogen and oxygen atoms in total. The Labute approximate surface area is 101 Å². The highest BCUT2D eigenvalue weighted by atomic mass is 35.5. The van der Waals surface area contributed by atoms with E-state index in [-0.39, 0.29) is 0 Å². The minimum Gasteiger partial charge on any atom is -0.493 e. The summed E-state index contributed by atoms with van der Waals surface area (Å²) in [6.07, 6.45) is 4.07. The zero-order chi connectivity index (χ0) is 12.0. The van der Waals surface area contributed by atoms with E-state index in [1.807, 2.05) is 6.92 Å². The van der Waals surface area contributed by atoms with Crippen LogP contribution >= 0.6 is 11.6 Å². The lowest BCUT2D eigenvalue weighted by atomic mass is 10.1. The number of allylic oxidation sites excluding steroid dienone is 1. The molecule has 0 aliphatic carbocycles. The average Bonchev–Trinajstić information content (AvgIpc) is 2.27. The fourth-order valence-electron chi connectivity index (χ4n) is 1.45. The maximum absolute atomic E-state index is 10.9. The highest BCUT2D eigenvalue weighted by molar-refractivity contribution is 6.31. The van der Waals surface area contributed by atoms with Crippen LogP contribution < -0.4 is 4.74 Å². The molecule has 16 heavy (non-hydrogen) atoms. The normalized spacial score (nSPS) is 9.88. The Morgan fingerprint density at radius 1 is 1.50 bits per heavy atom. The topological polar surface area (TPSA) is 26.3 Å². The van der Waals surface area contributed by atoms with Gasteiger partial charge in [0.05, 0.1) is 12.2 Å². The third kappa shape index (κ3) is 3.11. The van der Waals surface area contributed by atoms with Crippen LogP contribution in [0.15, 0.2) is 24.8 Å². The molecule has 0 bridgehead atoms. The molecule has 86 valence electrons. The molecule has 0 saturated heterocycles. The van der Waals surface area contributed by atoms with Crippen molar-refractivity contribution in [1.29, 1.82) is 0 Å². The standard InChI is InChI=1S/C13H15ClO2/c1-3-5-10-7-12(14)8-11(9-15)13(10)16-6-4-2/h3,7-9H,1,4-6H2,2H3. The zero-order valence-corrected chi connectivity index (χ0v) is 10.1. The maximum Gasteiger partial charge on any atom is 0.153 e. The molecule has 3 heteroatoms. The van der Waals surface area contributed by atoms with Crippen molar-refractivity contribution in [3.05, 3.63) is 40.9 Å². The molecule has 1 rings (SSSR count). The van der Waals surface area contributed by atoms with Crippen LogP contribution in [0.2, 0.25) is 5.02 Å². The van der Waals surface area contributed by atoms with Gasteiger partial charge in [0.1, 0.15) is 5.75 Å². The average molecular weight is 239 g/mol. The van der Waals surface area contributed by atoms with Crippen molar-refractivity contribution in [3.63, 3.8) is 0 Å². The van der Waals surface area contributed by atoms with E-state index >= 15 is 0 Å². The summed E-state index contributed by atoms with van der Waals surface area (Å²) in [7, 11) is 0. The van der Waals surface area contributed by atoms with Crippen molar-refractivity contribution in [2.45, 2.75) is 19.8 Å². The monoisotopic (exact) mass is 238 g/mol. The molecule has 0 saturated carbocycles. The zero-order valence-electron chi connectivity index (χ0n) is 9.33. The Bertz CT molecular complexity index is 386. The molecular formula is C13H15ClO2. The molecule has 0 fully saturated rings. The van der Waals surface area contributed by atoms with Gasteiger partial charge in [-0.05, 0) is 25.0 Å². The number of carbonyl (C=O) groups is 1. The summed E-state index contributed by atoms with van der Waals surface area (Å²) in [5, 5.41) is 0.544. The molecule has 0 amide bonds. The van der Waals surface area contributed by atoms with E-state index in [9.17, 15) is 4.79 Å². The molecule has 0 heterocycles. The SMILES string of the molecule is C=CCc1cc(Cl)cc(C=O)c1OCCC. The van der Waals surface area contributed by atoms with Gasteiger partial charge in [0.25, 0.3) is 0 Å². The van der Waals surface area contributed by atoms with Crippen LogP contribution in [-0.4, -0.2) is 12.9 Å². The van der Waals surface area contributed by atoms with Crippen LogP contribution in [0.4, 0.5) is 0 Å². The number of ether oxygens (including phenoxy) is 1. The van der Waals surface area contributed by atoms with Gasteiger partial charge < -0.3 is 4.74 Å². The second kappa shape index (κ2) is 6.33. The van der Waals surface area contributed by atoms with Crippen LogP contribution in [0, 0.1) is 0 Å². The molecule has 0 aliphatic heterocycles. The van der Waals surface area contributed by atoms with Crippen molar-refractivity contribution in [2.24, 2.45) is 0 Å². The fourth-order valence-corrected chi connectivity index (χ4v) is 1.70. The van der Waals surface area contributed by atoms with Gasteiger partial charge in [-0.1, -0.05) is 24.6 Å². The van der Waals surface area contributed by atoms with Gasteiger partial charge in [0.2, 0.25) is 0 Å². The van der Waals surface area contributed by atoms with Gasteiger partial charge >= 0.3 is 0 Å². The smallest absolute Gasteiger partial charge is 0.153 e. The van der Waals surface area contributed by atoms with Gasteiger partial charge in [-0.3, -0.25) is 4.79 Å². The van der Waals surface area contributed by atoms with Gasteiger partial charge in [-0.2, -0.15) is 0 Å². The van der Waals surface area contributed by atoms with Crippen LogP contribution in [-0.2, 0) is 6.42 Å². The Morgan fingerprint density at radius 3 is 2.81 bits per heavy atom. The lowest BCUT2D eigenvalue weighted by molar-refractivity contribution is 0.111. The summed E-state index contributed by atoms with van der Waals surface area (Å²) in [5.74, 6) is 0.626. The van der Waals surface area contributed by atoms with E-state index in [2.05, 4.69) is 6.58 Å². The van der Waals surface area contributed by atoms with Crippen molar-refractivity contribution < 1.29 is 9.53 Å². The summed E-state index contributed by atoms with van der Waals surface area (Å²) < 4.78 is 5.58. The number of halogens is 1. The first-order chi connectivity index (χ1) is 7.72. The molecule has 0 spiro atoms. The quantitative estimate of drug-likeness (QED) is 0.558. The molecule has 0 aliphatic rings. The van der Waals surface area contributed by atoms with Crippen molar-refractivity contribution in [3.8, 4) is 5.75 Å². The molecule has 0 radical (unpaired) electrons. The molecular weight excluding hydrogens is 224 g/mol. The number of rotatable bonds is 6. The highest BCUT2D eigenvalue weighted by Gasteiger charge is 2.10. The van der Waals surface area contributed by atoms with Crippen LogP contribution in [0.1, 0.15) is 29.3 Å². The predicted molar refractivity (Wildman–Crippen MR) is 66.5 cm³/mol. The van der Waals surface area contributed by atoms with Crippen LogP contribution in [0.25, 0.3) is 0 Å². The van der Waals surface area contributed by atoms with Gasteiger partial charge in [-0.15, -0.1) is 6.58 Å². The van der Waals surface area contributed by atoms with E-state index in [4.69, 9.17) is 16.3 Å². The fraction of sp³-hybridized carbons (Fsp3) is 0.308. The second-order valence-electron chi connectivity index (χ2n) is 3.44. The third-order valence-corrected chi connectivity index (χ3v) is 2.32. The number of benzene rings is 1. The summed E-state index contributed by atoms with van der Waals surface area (Å²) in [6, 6.07) is 3.42. The van der Waals surface area contributed by atoms with Crippen LogP contribution in [0.5, 0.6) is 5.75 Å². The first-order valence-electron chi connectivity index (χ1n) is 5.24. The molecule has 0 atom stereocenters. The number of hydrogen-bond acceptors (Lipinski definition) is 2. The minimum absolute atomic E-state index is 0.498. The number of carbonyl (C=O) groups excluding carboxylic acids is 1. The van der Waals surface area contributed by atoms with E-state index in [0.717, 1.165) is 18.3 Å². The summed E-state index contributed by atoms with van der Waals surface area (Å²) in [6.45, 7) is 6.28. The van der Waals surface area contributed by atoms with E-state index < -0.39 is 0 Å². The first kappa shape index (κ1) is 12.8. The molecule has 1 aromatic carbocycles. The Balaban J connectivity index is 3.15. The summed E-state index contributed by atoms with van der Waals surface area (Å²) in [4.78, 5) is 10.9. The highest BCUT2D eigenvalue weighted by Crippen LogP contribution is 2.28. The summed E-state index contributed by atoms with van der Waals surface area (Å²) in [5.41, 5.74) is 1.40. The van der Waals surface area contributed by atoms with E-state index in [1.165, 1.54) is 0 Å². The third-order valence-electron chi connectivity index (χ3n) is 2.10. The summed E-state index contributed by atoms with van der Waals surface area (Å²) >= 11 is 5.92. The van der Waals surface area contributed by atoms with Gasteiger partial charge in [-0.25, -0.2) is 0 Å². The molecule has 0 N–H and O–H groups in total. The van der Waals surface area contributed by atoms with Crippen molar-refractivity contribution >= 4 is 17.9 Å². The Kier molecular flexibility index (Phi) is 5.06. The van der Waals surface area contributed by atoms with Crippen LogP contribution in [0.3, 0.4) is 0 Å². The first-order valence-corrected chi connectivity index (χ1v) is 5.62. The van der Waals surface area contributed by atoms with Crippen molar-refractivity contribution in [2.75, 3.05) is 6.61 Å². The van der Waals surface area contributed by atoms with Crippen molar-refractivity contribution in [1.82, 2.24) is 0 Å². The molecule has 0 aromatic heterocycles. The van der Waals surface area contributed by atoms with Gasteiger partial charge in [0.15, 0.2) is 6.29 Å². The van der Waals surface area contributed by atoms with E-state index in [0.29, 0.717) is 29.4 Å². The lowest BCUT2D eigenvalue weighted by Gasteiger charge is -2.12. The largest absolute Gasteiger partial charge is 0.493 e. The Hall–Kier alpha value is -1.28. The minimum atomic E-state index is 0.498. The Morgan fingerprint density at radius 2 is 2.25 bits per heavy atom.